The van der Waals surface area contributed by atoms with Crippen LogP contribution in [0.15, 0.2) is 21.5 Å². The predicted octanol–water partition coefficient (Wildman–Crippen LogP) is -0.295. The smallest absolute Gasteiger partial charge is 0.337 e. The van der Waals surface area contributed by atoms with Crippen LogP contribution in [0.4, 0.5) is 0 Å². The van der Waals surface area contributed by atoms with Crippen molar-refractivity contribution in [2.75, 3.05) is 7.11 Å². The van der Waals surface area contributed by atoms with E-state index in [-0.39, 0.29) is 5.56 Å². The van der Waals surface area contributed by atoms with Crippen LogP contribution >= 0.6 is 15.9 Å². The van der Waals surface area contributed by atoms with E-state index in [1.807, 2.05) is 0 Å². The van der Waals surface area contributed by atoms with E-state index in [2.05, 4.69) is 25.7 Å². The first-order chi connectivity index (χ1) is 7.47. The lowest BCUT2D eigenvalue weighted by Crippen LogP contribution is -2.32. The highest BCUT2D eigenvalue weighted by Gasteiger charge is 2.28. The fraction of sp³-hybridized carbons (Fsp3) is 0.333. The molecule has 7 heteroatoms. The summed E-state index contributed by atoms with van der Waals surface area (Å²) in [5.41, 5.74) is -0.703. The van der Waals surface area contributed by atoms with Gasteiger partial charge in [-0.05, 0) is 22.0 Å². The minimum atomic E-state index is -1.79. The second-order valence-electron chi connectivity index (χ2n) is 3.02. The molecule has 88 valence electrons. The maximum absolute atomic E-state index is 11.3. The van der Waals surface area contributed by atoms with Crippen LogP contribution in [0, 0.1) is 0 Å². The Morgan fingerprint density at radius 1 is 1.56 bits per heavy atom. The van der Waals surface area contributed by atoms with Crippen LogP contribution in [0.3, 0.4) is 0 Å². The van der Waals surface area contributed by atoms with Crippen molar-refractivity contribution in [3.63, 3.8) is 0 Å². The van der Waals surface area contributed by atoms with E-state index in [4.69, 9.17) is 0 Å². The van der Waals surface area contributed by atoms with Gasteiger partial charge in [-0.25, -0.2) is 4.79 Å². The van der Waals surface area contributed by atoms with Crippen LogP contribution in [0.25, 0.3) is 0 Å². The number of aliphatic hydroxyl groups excluding tert-OH is 2. The molecule has 2 atom stereocenters. The molecule has 16 heavy (non-hydrogen) atoms. The number of pyridine rings is 1. The standard InChI is InChI=1S/C9H10BrNO5/c1-16-9(15)7(13)6(12)5-2-4(10)3-11-8(5)14/h2-3,6-7,12-13H,1H3,(H,11,14). The Morgan fingerprint density at radius 2 is 2.19 bits per heavy atom. The molecule has 1 heterocycles. The van der Waals surface area contributed by atoms with E-state index in [1.54, 1.807) is 0 Å². The van der Waals surface area contributed by atoms with Crippen molar-refractivity contribution in [2.24, 2.45) is 0 Å². The van der Waals surface area contributed by atoms with E-state index in [9.17, 15) is 19.8 Å². The third kappa shape index (κ3) is 2.69. The number of carbonyl (C=O) groups is 1. The van der Waals surface area contributed by atoms with Gasteiger partial charge >= 0.3 is 5.97 Å². The Labute approximate surface area is 99.0 Å². The SMILES string of the molecule is COC(=O)C(O)C(O)c1cc(Br)c[nH]c1=O. The number of ether oxygens (including phenoxy) is 1. The van der Waals surface area contributed by atoms with Gasteiger partial charge in [0.05, 0.1) is 12.7 Å². The number of halogens is 1. The first-order valence-electron chi connectivity index (χ1n) is 4.29. The first-order valence-corrected chi connectivity index (χ1v) is 5.08. The molecule has 1 aromatic rings. The molecular formula is C9H10BrNO5. The lowest BCUT2D eigenvalue weighted by atomic mass is 10.1. The Morgan fingerprint density at radius 3 is 2.75 bits per heavy atom. The quantitative estimate of drug-likeness (QED) is 0.664. The van der Waals surface area contributed by atoms with Crippen molar-refractivity contribution in [1.82, 2.24) is 4.98 Å². The minimum absolute atomic E-state index is 0.118. The van der Waals surface area contributed by atoms with E-state index >= 15 is 0 Å². The number of hydrogen-bond donors (Lipinski definition) is 3. The number of aromatic amines is 1. The summed E-state index contributed by atoms with van der Waals surface area (Å²) in [6.45, 7) is 0. The fourth-order valence-electron chi connectivity index (χ4n) is 1.11. The summed E-state index contributed by atoms with van der Waals surface area (Å²) >= 11 is 3.09. The maximum Gasteiger partial charge on any atom is 0.337 e. The summed E-state index contributed by atoms with van der Waals surface area (Å²) in [6, 6.07) is 1.32. The van der Waals surface area contributed by atoms with Crippen LogP contribution < -0.4 is 5.56 Å². The number of aliphatic hydroxyl groups is 2. The molecule has 0 radical (unpaired) electrons. The zero-order valence-corrected chi connectivity index (χ0v) is 9.89. The summed E-state index contributed by atoms with van der Waals surface area (Å²) in [6.07, 6.45) is -2.04. The minimum Gasteiger partial charge on any atom is -0.467 e. The van der Waals surface area contributed by atoms with E-state index in [1.165, 1.54) is 12.3 Å². The molecule has 0 fully saturated rings. The number of esters is 1. The molecule has 0 amide bonds. The molecule has 0 saturated carbocycles. The van der Waals surface area contributed by atoms with Gasteiger partial charge in [-0.2, -0.15) is 0 Å². The molecule has 6 nitrogen and oxygen atoms in total. The lowest BCUT2D eigenvalue weighted by Gasteiger charge is -2.15. The average molecular weight is 292 g/mol. The van der Waals surface area contributed by atoms with Crippen LogP contribution in [-0.2, 0) is 9.53 Å². The molecule has 1 rings (SSSR count). The molecule has 0 aromatic carbocycles. The summed E-state index contributed by atoms with van der Waals surface area (Å²) in [5.74, 6) is -1.01. The molecule has 3 N–H and O–H groups in total. The molecule has 0 aliphatic carbocycles. The van der Waals surface area contributed by atoms with Gasteiger partial charge in [0, 0.05) is 10.7 Å². The second-order valence-corrected chi connectivity index (χ2v) is 3.93. The average Bonchev–Trinajstić information content (AvgIpc) is 2.29. The Kier molecular flexibility index (Phi) is 4.22. The van der Waals surface area contributed by atoms with Gasteiger partial charge < -0.3 is 19.9 Å². The molecule has 2 unspecified atom stereocenters. The number of rotatable bonds is 3. The molecule has 0 aliphatic rings. The number of carbonyl (C=O) groups excluding carboxylic acids is 1. The largest absolute Gasteiger partial charge is 0.467 e. The summed E-state index contributed by atoms with van der Waals surface area (Å²) in [4.78, 5) is 24.6. The van der Waals surface area contributed by atoms with E-state index in [0.717, 1.165) is 7.11 Å². The number of H-pyrrole nitrogens is 1. The monoisotopic (exact) mass is 291 g/mol. The van der Waals surface area contributed by atoms with Crippen molar-refractivity contribution in [3.05, 3.63) is 32.7 Å². The van der Waals surface area contributed by atoms with Gasteiger partial charge in [-0.3, -0.25) is 4.79 Å². The van der Waals surface area contributed by atoms with Gasteiger partial charge in [-0.15, -0.1) is 0 Å². The summed E-state index contributed by atoms with van der Waals surface area (Å²) in [7, 11) is 1.07. The van der Waals surface area contributed by atoms with Gasteiger partial charge in [0.15, 0.2) is 6.10 Å². The Bertz CT molecular complexity index is 444. The predicted molar refractivity (Wildman–Crippen MR) is 57.7 cm³/mol. The normalized spacial score (nSPS) is 14.2. The van der Waals surface area contributed by atoms with Gasteiger partial charge in [0.25, 0.3) is 5.56 Å². The highest BCUT2D eigenvalue weighted by Crippen LogP contribution is 2.17. The van der Waals surface area contributed by atoms with Crippen molar-refractivity contribution >= 4 is 21.9 Å². The third-order valence-corrected chi connectivity index (χ3v) is 2.41. The third-order valence-electron chi connectivity index (χ3n) is 1.96. The van der Waals surface area contributed by atoms with Crippen LogP contribution in [0.2, 0.25) is 0 Å². The topological polar surface area (TPSA) is 99.6 Å². The summed E-state index contributed by atoms with van der Waals surface area (Å²) < 4.78 is 4.76. The Hall–Kier alpha value is -1.18. The fourth-order valence-corrected chi connectivity index (χ4v) is 1.47. The van der Waals surface area contributed by atoms with Crippen LogP contribution in [0.1, 0.15) is 11.7 Å². The van der Waals surface area contributed by atoms with Crippen molar-refractivity contribution < 1.29 is 19.7 Å². The number of aromatic nitrogens is 1. The number of nitrogens with one attached hydrogen (secondary N) is 1. The van der Waals surface area contributed by atoms with Crippen LogP contribution in [-0.4, -0.2) is 34.4 Å². The zero-order chi connectivity index (χ0) is 12.3. The highest BCUT2D eigenvalue weighted by atomic mass is 79.9. The molecular weight excluding hydrogens is 282 g/mol. The second kappa shape index (κ2) is 5.24. The van der Waals surface area contributed by atoms with Crippen LogP contribution in [0.5, 0.6) is 0 Å². The zero-order valence-electron chi connectivity index (χ0n) is 8.31. The first kappa shape index (κ1) is 12.9. The van der Waals surface area contributed by atoms with Gasteiger partial charge in [0.2, 0.25) is 0 Å². The van der Waals surface area contributed by atoms with E-state index in [0.29, 0.717) is 4.47 Å². The van der Waals surface area contributed by atoms with Crippen molar-refractivity contribution in [3.8, 4) is 0 Å². The van der Waals surface area contributed by atoms with Crippen molar-refractivity contribution in [1.29, 1.82) is 0 Å². The van der Waals surface area contributed by atoms with Gasteiger partial charge in [-0.1, -0.05) is 0 Å². The lowest BCUT2D eigenvalue weighted by molar-refractivity contribution is -0.156. The van der Waals surface area contributed by atoms with Crippen molar-refractivity contribution in [2.45, 2.75) is 12.2 Å². The highest BCUT2D eigenvalue weighted by molar-refractivity contribution is 9.10. The van der Waals surface area contributed by atoms with E-state index < -0.39 is 23.7 Å². The number of methoxy groups -OCH3 is 1. The summed E-state index contributed by atoms with van der Waals surface area (Å²) in [5, 5.41) is 19.0. The van der Waals surface area contributed by atoms with Gasteiger partial charge in [0.1, 0.15) is 6.10 Å². The molecule has 1 aromatic heterocycles. The Balaban J connectivity index is 3.04. The number of hydrogen-bond acceptors (Lipinski definition) is 5. The molecule has 0 aliphatic heterocycles. The molecule has 0 saturated heterocycles. The molecule has 0 spiro atoms. The maximum atomic E-state index is 11.3. The molecule has 0 bridgehead atoms.